The molecule has 4 aromatic rings. The minimum Gasteiger partial charge on any atom is -0.486 e. The maximum Gasteiger partial charge on any atom is 0.264 e. The van der Waals surface area contributed by atoms with Crippen LogP contribution in [0.3, 0.4) is 0 Å². The molecule has 5 rings (SSSR count). The van der Waals surface area contributed by atoms with Gasteiger partial charge in [-0.15, -0.1) is 0 Å². The minimum atomic E-state index is -4.22. The molecule has 0 fully saturated rings. The maximum absolute atomic E-state index is 14.5. The number of ether oxygens (including phenoxy) is 2. The summed E-state index contributed by atoms with van der Waals surface area (Å²) in [6, 6.07) is 28.8. The Bertz CT molecular complexity index is 1740. The highest BCUT2D eigenvalue weighted by molar-refractivity contribution is 9.10. The molecule has 0 aliphatic carbocycles. The van der Waals surface area contributed by atoms with E-state index in [1.807, 2.05) is 61.5 Å². The van der Waals surface area contributed by atoms with Crippen molar-refractivity contribution in [2.45, 2.75) is 37.2 Å². The van der Waals surface area contributed by atoms with E-state index in [-0.39, 0.29) is 29.5 Å². The number of hydrogen-bond donors (Lipinski definition) is 1. The minimum absolute atomic E-state index is 0.0265. The van der Waals surface area contributed by atoms with Gasteiger partial charge in [0.25, 0.3) is 10.0 Å². The summed E-state index contributed by atoms with van der Waals surface area (Å²) in [6.45, 7) is 2.62. The van der Waals surface area contributed by atoms with E-state index in [0.717, 1.165) is 26.3 Å². The molecule has 0 radical (unpaired) electrons. The predicted molar refractivity (Wildman–Crippen MR) is 180 cm³/mol. The zero-order valence-electron chi connectivity index (χ0n) is 25.5. The lowest BCUT2D eigenvalue weighted by molar-refractivity contribution is -0.140. The number of hydrogen-bond acceptors (Lipinski definition) is 6. The van der Waals surface area contributed by atoms with E-state index in [9.17, 15) is 18.0 Å². The first-order valence-corrected chi connectivity index (χ1v) is 17.3. The average molecular weight is 707 g/mol. The van der Waals surface area contributed by atoms with E-state index < -0.39 is 28.5 Å². The van der Waals surface area contributed by atoms with Gasteiger partial charge in [-0.25, -0.2) is 8.42 Å². The smallest absolute Gasteiger partial charge is 0.264 e. The highest BCUT2D eigenvalue weighted by Crippen LogP contribution is 2.36. The molecular weight excluding hydrogens is 670 g/mol. The van der Waals surface area contributed by atoms with Crippen LogP contribution in [0.4, 0.5) is 5.69 Å². The van der Waals surface area contributed by atoms with Gasteiger partial charge in [-0.1, -0.05) is 83.5 Å². The first-order chi connectivity index (χ1) is 22.3. The summed E-state index contributed by atoms with van der Waals surface area (Å²) in [5, 5.41) is 2.96. The summed E-state index contributed by atoms with van der Waals surface area (Å²) in [5.74, 6) is 0.0284. The Kier molecular flexibility index (Phi) is 11.0. The van der Waals surface area contributed by atoms with Gasteiger partial charge in [-0.3, -0.25) is 13.9 Å². The Hall–Kier alpha value is -4.35. The van der Waals surface area contributed by atoms with Crippen molar-refractivity contribution in [1.82, 2.24) is 10.2 Å². The van der Waals surface area contributed by atoms with Gasteiger partial charge in [-0.05, 0) is 53.9 Å². The van der Waals surface area contributed by atoms with Gasteiger partial charge >= 0.3 is 0 Å². The number of benzene rings is 4. The normalized spacial score (nSPS) is 13.0. The molecule has 0 unspecified atom stereocenters. The molecule has 1 heterocycles. The SMILES string of the molecule is CCCNC(=O)[C@@H](Cc1ccccc1)N(Cc1ccc(Br)cc1)C(=O)CN(c1ccc2c(c1)OCCO2)S(=O)(=O)c1ccccc1. The largest absolute Gasteiger partial charge is 0.486 e. The molecule has 1 aliphatic rings. The lowest BCUT2D eigenvalue weighted by atomic mass is 10.0. The first-order valence-electron chi connectivity index (χ1n) is 15.1. The fourth-order valence-corrected chi connectivity index (χ4v) is 6.83. The summed E-state index contributed by atoms with van der Waals surface area (Å²) in [5.41, 5.74) is 1.89. The van der Waals surface area contributed by atoms with Crippen molar-refractivity contribution in [1.29, 1.82) is 0 Å². The molecule has 4 aromatic carbocycles. The van der Waals surface area contributed by atoms with Crippen molar-refractivity contribution < 1.29 is 27.5 Å². The van der Waals surface area contributed by atoms with Crippen molar-refractivity contribution in [2.24, 2.45) is 0 Å². The molecular formula is C35H36BrN3O6S. The van der Waals surface area contributed by atoms with Crippen LogP contribution >= 0.6 is 15.9 Å². The molecule has 0 saturated carbocycles. The third-order valence-electron chi connectivity index (χ3n) is 7.51. The monoisotopic (exact) mass is 705 g/mol. The number of anilines is 1. The van der Waals surface area contributed by atoms with Crippen molar-refractivity contribution >= 4 is 43.5 Å². The lowest BCUT2D eigenvalue weighted by Crippen LogP contribution is -2.53. The van der Waals surface area contributed by atoms with Crippen molar-refractivity contribution in [3.8, 4) is 11.5 Å². The third-order valence-corrected chi connectivity index (χ3v) is 9.83. The van der Waals surface area contributed by atoms with Gasteiger partial charge in [0.05, 0.1) is 10.6 Å². The molecule has 1 aliphatic heterocycles. The summed E-state index contributed by atoms with van der Waals surface area (Å²) in [6.07, 6.45) is 0.964. The Labute approximate surface area is 278 Å². The maximum atomic E-state index is 14.5. The summed E-state index contributed by atoms with van der Waals surface area (Å²) in [7, 11) is -4.22. The van der Waals surface area contributed by atoms with Crippen molar-refractivity contribution in [3.63, 3.8) is 0 Å². The summed E-state index contributed by atoms with van der Waals surface area (Å²) < 4.78 is 41.7. The third kappa shape index (κ3) is 8.07. The van der Waals surface area contributed by atoms with Crippen LogP contribution in [0.1, 0.15) is 24.5 Å². The Morgan fingerprint density at radius 3 is 2.17 bits per heavy atom. The number of fused-ring (bicyclic) bond motifs is 1. The van der Waals surface area contributed by atoms with Crippen LogP contribution in [0.15, 0.2) is 112 Å². The van der Waals surface area contributed by atoms with Crippen LogP contribution in [-0.2, 0) is 32.6 Å². The Balaban J connectivity index is 1.57. The van der Waals surface area contributed by atoms with Crippen LogP contribution in [-0.4, -0.2) is 57.5 Å². The van der Waals surface area contributed by atoms with Crippen LogP contribution in [0.5, 0.6) is 11.5 Å². The van der Waals surface area contributed by atoms with Gasteiger partial charge in [-0.2, -0.15) is 0 Å². The second-order valence-corrected chi connectivity index (χ2v) is 13.6. The van der Waals surface area contributed by atoms with Gasteiger partial charge in [0.15, 0.2) is 11.5 Å². The molecule has 2 amide bonds. The standard InChI is InChI=1S/C35H36BrN3O6S/c1-2-19-37-35(41)31(22-26-9-5-3-6-10-26)38(24-27-13-15-28(36)16-14-27)34(40)25-39(46(42,43)30-11-7-4-8-12-30)29-17-18-32-33(23-29)45-21-20-44-32/h3-18,23,31H,2,19-22,24-25H2,1H3,(H,37,41)/t31-/m1/s1. The number of sulfonamides is 1. The van der Waals surface area contributed by atoms with Gasteiger partial charge in [0, 0.05) is 30.0 Å². The van der Waals surface area contributed by atoms with Crippen LogP contribution in [0, 0.1) is 0 Å². The zero-order chi connectivity index (χ0) is 32.5. The van der Waals surface area contributed by atoms with Crippen molar-refractivity contribution in [2.75, 3.05) is 30.6 Å². The van der Waals surface area contributed by atoms with Crippen LogP contribution in [0.2, 0.25) is 0 Å². The van der Waals surface area contributed by atoms with Crippen LogP contribution in [0.25, 0.3) is 0 Å². The zero-order valence-corrected chi connectivity index (χ0v) is 27.9. The molecule has 240 valence electrons. The van der Waals surface area contributed by atoms with E-state index >= 15 is 0 Å². The lowest BCUT2D eigenvalue weighted by Gasteiger charge is -2.34. The van der Waals surface area contributed by atoms with Crippen molar-refractivity contribution in [3.05, 3.63) is 119 Å². The van der Waals surface area contributed by atoms with Gasteiger partial charge < -0.3 is 19.7 Å². The molecule has 1 N–H and O–H groups in total. The number of carbonyl (C=O) groups is 2. The first kappa shape index (κ1) is 33.0. The second kappa shape index (κ2) is 15.3. The highest BCUT2D eigenvalue weighted by Gasteiger charge is 2.35. The van der Waals surface area contributed by atoms with Gasteiger partial charge in [0.2, 0.25) is 11.8 Å². The fourth-order valence-electron chi connectivity index (χ4n) is 5.14. The molecule has 46 heavy (non-hydrogen) atoms. The fraction of sp³-hybridized carbons (Fsp3) is 0.257. The molecule has 0 spiro atoms. The number of rotatable bonds is 13. The average Bonchev–Trinajstić information content (AvgIpc) is 3.09. The van der Waals surface area contributed by atoms with E-state index in [2.05, 4.69) is 21.2 Å². The number of nitrogens with zero attached hydrogens (tertiary/aromatic N) is 2. The van der Waals surface area contributed by atoms with E-state index in [1.54, 1.807) is 36.4 Å². The highest BCUT2D eigenvalue weighted by atomic mass is 79.9. The number of carbonyl (C=O) groups excluding carboxylic acids is 2. The Morgan fingerprint density at radius 2 is 1.50 bits per heavy atom. The number of halogens is 1. The summed E-state index contributed by atoms with van der Waals surface area (Å²) >= 11 is 3.46. The topological polar surface area (TPSA) is 105 Å². The molecule has 9 nitrogen and oxygen atoms in total. The van der Waals surface area contributed by atoms with E-state index in [4.69, 9.17) is 9.47 Å². The Morgan fingerprint density at radius 1 is 0.848 bits per heavy atom. The summed E-state index contributed by atoms with van der Waals surface area (Å²) in [4.78, 5) is 29.8. The second-order valence-electron chi connectivity index (χ2n) is 10.8. The van der Waals surface area contributed by atoms with Crippen LogP contribution < -0.4 is 19.1 Å². The molecule has 11 heteroatoms. The molecule has 1 atom stereocenters. The van der Waals surface area contributed by atoms with E-state index in [0.29, 0.717) is 31.3 Å². The quantitative estimate of drug-likeness (QED) is 0.195. The molecule has 0 saturated heterocycles. The molecule has 0 bridgehead atoms. The predicted octanol–water partition coefficient (Wildman–Crippen LogP) is 5.58. The number of amides is 2. The van der Waals surface area contributed by atoms with Gasteiger partial charge in [0.1, 0.15) is 25.8 Å². The number of nitrogens with one attached hydrogen (secondary N) is 1. The molecule has 0 aromatic heterocycles. The van der Waals surface area contributed by atoms with E-state index in [1.165, 1.54) is 17.0 Å².